The fourth-order valence-corrected chi connectivity index (χ4v) is 5.32. The van der Waals surface area contributed by atoms with E-state index in [4.69, 9.17) is 14.2 Å². The van der Waals surface area contributed by atoms with E-state index in [0.29, 0.717) is 60.0 Å². The van der Waals surface area contributed by atoms with Gasteiger partial charge in [-0.05, 0) is 50.8 Å². The van der Waals surface area contributed by atoms with Crippen molar-refractivity contribution < 1.29 is 28.6 Å². The summed E-state index contributed by atoms with van der Waals surface area (Å²) in [7, 11) is 3.08. The molecule has 0 radical (unpaired) electrons. The highest BCUT2D eigenvalue weighted by Crippen LogP contribution is 2.35. The van der Waals surface area contributed by atoms with Gasteiger partial charge >= 0.3 is 5.97 Å². The zero-order valence-corrected chi connectivity index (χ0v) is 21.2. The van der Waals surface area contributed by atoms with Gasteiger partial charge in [0.05, 0.1) is 26.4 Å². The highest BCUT2D eigenvalue weighted by atomic mass is 32.1. The molecule has 8 nitrogen and oxygen atoms in total. The molecule has 2 heterocycles. The van der Waals surface area contributed by atoms with Gasteiger partial charge in [0.15, 0.2) is 0 Å². The van der Waals surface area contributed by atoms with Crippen LogP contribution in [-0.2, 0) is 16.0 Å². The second-order valence-electron chi connectivity index (χ2n) is 8.07. The number of nitrogens with zero attached hydrogens (tertiary/aromatic N) is 1. The summed E-state index contributed by atoms with van der Waals surface area (Å²) in [6.45, 7) is 6.89. The number of hydrogen-bond donors (Lipinski definition) is 1. The quantitative estimate of drug-likeness (QED) is 0.557. The highest BCUT2D eigenvalue weighted by molar-refractivity contribution is 7.16. The van der Waals surface area contributed by atoms with Gasteiger partial charge in [-0.25, -0.2) is 4.79 Å². The van der Waals surface area contributed by atoms with Crippen LogP contribution in [0.4, 0.5) is 5.00 Å². The number of esters is 1. The van der Waals surface area contributed by atoms with Crippen LogP contribution in [0.15, 0.2) is 18.2 Å². The van der Waals surface area contributed by atoms with Crippen LogP contribution in [0.5, 0.6) is 11.5 Å². The van der Waals surface area contributed by atoms with Crippen LogP contribution in [0.2, 0.25) is 0 Å². The molecule has 0 bridgehead atoms. The first-order valence-electron chi connectivity index (χ1n) is 11.4. The first kappa shape index (κ1) is 25.6. The molecule has 1 aromatic carbocycles. The van der Waals surface area contributed by atoms with Crippen LogP contribution in [0.3, 0.4) is 0 Å². The molecule has 1 aliphatic heterocycles. The zero-order valence-electron chi connectivity index (χ0n) is 20.4. The smallest absolute Gasteiger partial charge is 0.341 e. The van der Waals surface area contributed by atoms with Gasteiger partial charge in [-0.15, -0.1) is 11.3 Å². The highest BCUT2D eigenvalue weighted by Gasteiger charge is 2.30. The number of carbonyl (C=O) groups is 3. The van der Waals surface area contributed by atoms with Gasteiger partial charge in [0.2, 0.25) is 5.91 Å². The minimum Gasteiger partial charge on any atom is -0.497 e. The maximum Gasteiger partial charge on any atom is 0.341 e. The minimum atomic E-state index is -0.409. The monoisotopic (exact) mass is 488 g/mol. The van der Waals surface area contributed by atoms with Crippen molar-refractivity contribution in [3.05, 3.63) is 39.8 Å². The Balaban J connectivity index is 1.67. The standard InChI is InChI=1S/C25H32N2O6S/c1-6-20-15(3)34-23(21(20)25(30)33-7-2)26-22(28)16-8-10-27(11-9-16)24(29)17-12-18(31-4)14-19(13-17)32-5/h12-14,16H,6-11H2,1-5H3,(H,26,28). The third kappa shape index (κ3) is 5.52. The van der Waals surface area contributed by atoms with Gasteiger partial charge in [0, 0.05) is 35.5 Å². The van der Waals surface area contributed by atoms with E-state index in [1.807, 2.05) is 13.8 Å². The maximum absolute atomic E-state index is 13.0. The second kappa shape index (κ2) is 11.4. The predicted octanol–water partition coefficient (Wildman–Crippen LogP) is 4.30. The van der Waals surface area contributed by atoms with Gasteiger partial charge in [-0.2, -0.15) is 0 Å². The Hall–Kier alpha value is -3.07. The summed E-state index contributed by atoms with van der Waals surface area (Å²) in [5.74, 6) is 0.186. The number of benzene rings is 1. The number of rotatable bonds is 8. The summed E-state index contributed by atoms with van der Waals surface area (Å²) in [5, 5.41) is 3.50. The average Bonchev–Trinajstić information content (AvgIpc) is 3.17. The molecule has 0 spiro atoms. The number of aryl methyl sites for hydroxylation is 1. The SMILES string of the molecule is CCOC(=O)c1c(NC(=O)C2CCN(C(=O)c3cc(OC)cc(OC)c3)CC2)sc(C)c1CC. The van der Waals surface area contributed by atoms with Crippen molar-refractivity contribution >= 4 is 34.1 Å². The Morgan fingerprint density at radius 2 is 1.68 bits per heavy atom. The number of piperidine rings is 1. The van der Waals surface area contributed by atoms with Crippen LogP contribution in [0.1, 0.15) is 57.8 Å². The van der Waals surface area contributed by atoms with Crippen molar-refractivity contribution in [3.63, 3.8) is 0 Å². The van der Waals surface area contributed by atoms with Crippen molar-refractivity contribution in [1.82, 2.24) is 4.90 Å². The molecular formula is C25H32N2O6S. The van der Waals surface area contributed by atoms with Crippen LogP contribution >= 0.6 is 11.3 Å². The van der Waals surface area contributed by atoms with E-state index in [0.717, 1.165) is 10.4 Å². The number of nitrogens with one attached hydrogen (secondary N) is 1. The zero-order chi connectivity index (χ0) is 24.8. The van der Waals surface area contributed by atoms with E-state index in [9.17, 15) is 14.4 Å². The summed E-state index contributed by atoms with van der Waals surface area (Å²) in [6.07, 6.45) is 1.76. The number of thiophene rings is 1. The number of ether oxygens (including phenoxy) is 3. The summed E-state index contributed by atoms with van der Waals surface area (Å²) in [6, 6.07) is 5.09. The van der Waals surface area contributed by atoms with E-state index in [-0.39, 0.29) is 24.3 Å². The van der Waals surface area contributed by atoms with Crippen LogP contribution in [-0.4, -0.2) is 56.6 Å². The van der Waals surface area contributed by atoms with Crippen LogP contribution < -0.4 is 14.8 Å². The number of anilines is 1. The van der Waals surface area contributed by atoms with Crippen molar-refractivity contribution in [3.8, 4) is 11.5 Å². The third-order valence-electron chi connectivity index (χ3n) is 6.03. The number of likely N-dealkylation sites (tertiary alicyclic amines) is 1. The molecule has 1 aliphatic rings. The number of methoxy groups -OCH3 is 2. The van der Waals surface area contributed by atoms with E-state index in [1.165, 1.54) is 11.3 Å². The molecule has 184 valence electrons. The van der Waals surface area contributed by atoms with Crippen molar-refractivity contribution in [1.29, 1.82) is 0 Å². The predicted molar refractivity (Wildman–Crippen MR) is 131 cm³/mol. The molecule has 2 aromatic rings. The first-order valence-corrected chi connectivity index (χ1v) is 12.3. The minimum absolute atomic E-state index is 0.123. The largest absolute Gasteiger partial charge is 0.497 e. The molecule has 0 unspecified atom stereocenters. The topological polar surface area (TPSA) is 94.2 Å². The third-order valence-corrected chi connectivity index (χ3v) is 7.09. The molecule has 9 heteroatoms. The Kier molecular flexibility index (Phi) is 8.55. The van der Waals surface area contributed by atoms with Gasteiger partial charge in [0.25, 0.3) is 5.91 Å². The van der Waals surface area contributed by atoms with E-state index >= 15 is 0 Å². The lowest BCUT2D eigenvalue weighted by molar-refractivity contribution is -0.121. The van der Waals surface area contributed by atoms with Gasteiger partial charge in [-0.1, -0.05) is 6.92 Å². The lowest BCUT2D eigenvalue weighted by Crippen LogP contribution is -2.41. The lowest BCUT2D eigenvalue weighted by atomic mass is 9.95. The summed E-state index contributed by atoms with van der Waals surface area (Å²) < 4.78 is 15.7. The van der Waals surface area contributed by atoms with E-state index < -0.39 is 5.97 Å². The molecule has 0 atom stereocenters. The number of amides is 2. The molecule has 0 saturated carbocycles. The van der Waals surface area contributed by atoms with Gasteiger partial charge in [0.1, 0.15) is 16.5 Å². The van der Waals surface area contributed by atoms with Gasteiger partial charge in [-0.3, -0.25) is 9.59 Å². The van der Waals surface area contributed by atoms with Crippen molar-refractivity contribution in [2.45, 2.75) is 40.0 Å². The second-order valence-corrected chi connectivity index (χ2v) is 9.30. The first-order chi connectivity index (χ1) is 16.3. The molecule has 1 aromatic heterocycles. The lowest BCUT2D eigenvalue weighted by Gasteiger charge is -2.31. The summed E-state index contributed by atoms with van der Waals surface area (Å²) in [5.41, 5.74) is 1.85. The van der Waals surface area contributed by atoms with E-state index in [2.05, 4.69) is 5.32 Å². The Labute approximate surface area is 204 Å². The molecule has 1 fully saturated rings. The Bertz CT molecular complexity index is 1030. The molecule has 34 heavy (non-hydrogen) atoms. The molecule has 1 N–H and O–H groups in total. The average molecular weight is 489 g/mol. The molecular weight excluding hydrogens is 456 g/mol. The maximum atomic E-state index is 13.0. The Morgan fingerprint density at radius 3 is 2.21 bits per heavy atom. The fourth-order valence-electron chi connectivity index (χ4n) is 4.18. The normalized spacial score (nSPS) is 14.0. The summed E-state index contributed by atoms with van der Waals surface area (Å²) >= 11 is 1.40. The van der Waals surface area contributed by atoms with Crippen molar-refractivity contribution in [2.75, 3.05) is 39.2 Å². The van der Waals surface area contributed by atoms with E-state index in [1.54, 1.807) is 44.2 Å². The van der Waals surface area contributed by atoms with Crippen LogP contribution in [0.25, 0.3) is 0 Å². The number of carbonyl (C=O) groups excluding carboxylic acids is 3. The van der Waals surface area contributed by atoms with Crippen molar-refractivity contribution in [2.24, 2.45) is 5.92 Å². The van der Waals surface area contributed by atoms with Gasteiger partial charge < -0.3 is 24.4 Å². The Morgan fingerprint density at radius 1 is 1.06 bits per heavy atom. The molecule has 2 amide bonds. The van der Waals surface area contributed by atoms with Crippen LogP contribution in [0, 0.1) is 12.8 Å². The molecule has 0 aliphatic carbocycles. The molecule has 3 rings (SSSR count). The number of hydrogen-bond acceptors (Lipinski definition) is 7. The summed E-state index contributed by atoms with van der Waals surface area (Å²) in [4.78, 5) is 41.3. The fraction of sp³-hybridized carbons (Fsp3) is 0.480. The molecule has 1 saturated heterocycles.